The summed E-state index contributed by atoms with van der Waals surface area (Å²) in [5.74, 6) is 0. The molecule has 3 nitrogen and oxygen atoms in total. The zero-order valence-corrected chi connectivity index (χ0v) is 12.7. The molecule has 0 spiro atoms. The van der Waals surface area contributed by atoms with Gasteiger partial charge in [-0.05, 0) is 37.8 Å². The molecule has 1 aromatic rings. The van der Waals surface area contributed by atoms with Crippen LogP contribution in [0.3, 0.4) is 0 Å². The van der Waals surface area contributed by atoms with E-state index in [-0.39, 0.29) is 11.0 Å². The zero-order valence-electron chi connectivity index (χ0n) is 11.9. The molecule has 0 aliphatic carbocycles. The predicted molar refractivity (Wildman–Crippen MR) is 81.9 cm³/mol. The van der Waals surface area contributed by atoms with Crippen molar-refractivity contribution in [1.82, 2.24) is 4.98 Å². The molecule has 0 saturated heterocycles. The molecule has 4 heteroatoms. The van der Waals surface area contributed by atoms with E-state index in [0.717, 1.165) is 12.1 Å². The van der Waals surface area contributed by atoms with Gasteiger partial charge in [-0.25, -0.2) is 0 Å². The summed E-state index contributed by atoms with van der Waals surface area (Å²) in [6.45, 7) is 11.1. The maximum atomic E-state index is 5.59. The number of hydrogen-bond donors (Lipinski definition) is 2. The van der Waals surface area contributed by atoms with Crippen molar-refractivity contribution in [1.29, 1.82) is 0 Å². The summed E-state index contributed by atoms with van der Waals surface area (Å²) >= 11 is 4.94. The normalized spacial score (nSPS) is 12.3. The van der Waals surface area contributed by atoms with Crippen LogP contribution in [-0.2, 0) is 0 Å². The molecule has 1 rings (SSSR count). The zero-order chi connectivity index (χ0) is 14.0. The molecule has 0 aliphatic heterocycles. The molecule has 0 radical (unpaired) electrons. The van der Waals surface area contributed by atoms with Crippen LogP contribution in [0.25, 0.3) is 0 Å². The van der Waals surface area contributed by atoms with E-state index in [1.54, 1.807) is 6.20 Å². The molecule has 1 heterocycles. The van der Waals surface area contributed by atoms with Crippen LogP contribution in [0.5, 0.6) is 0 Å². The Bertz CT molecular complexity index is 433. The smallest absolute Gasteiger partial charge is 0.122 e. The fourth-order valence-corrected chi connectivity index (χ4v) is 2.52. The minimum Gasteiger partial charge on any atom is -0.388 e. The third kappa shape index (κ3) is 5.00. The number of rotatable bonds is 4. The molecule has 0 bridgehead atoms. The second-order valence-corrected chi connectivity index (χ2v) is 6.98. The molecular formula is C14H23N3S. The molecular weight excluding hydrogens is 242 g/mol. The second-order valence-electron chi connectivity index (χ2n) is 6.54. The van der Waals surface area contributed by atoms with Crippen molar-refractivity contribution in [3.05, 3.63) is 24.0 Å². The van der Waals surface area contributed by atoms with Crippen LogP contribution in [0.2, 0.25) is 0 Å². The van der Waals surface area contributed by atoms with Crippen molar-refractivity contribution >= 4 is 22.9 Å². The summed E-state index contributed by atoms with van der Waals surface area (Å²) in [7, 11) is 0. The molecule has 18 heavy (non-hydrogen) atoms. The van der Waals surface area contributed by atoms with Gasteiger partial charge in [0.25, 0.3) is 0 Å². The summed E-state index contributed by atoms with van der Waals surface area (Å²) in [4.78, 5) is 4.46. The lowest BCUT2D eigenvalue weighted by molar-refractivity contribution is 0.302. The Morgan fingerprint density at radius 1 is 1.33 bits per heavy atom. The van der Waals surface area contributed by atoms with Crippen molar-refractivity contribution in [2.24, 2.45) is 11.1 Å². The molecule has 0 fully saturated rings. The molecule has 0 unspecified atom stereocenters. The number of pyridine rings is 1. The van der Waals surface area contributed by atoms with Gasteiger partial charge < -0.3 is 11.1 Å². The monoisotopic (exact) mass is 265 g/mol. The Hall–Kier alpha value is -1.16. The SMILES string of the molecule is CC(C)(C)CC(C)(C)Nc1ccnc(C(N)=S)c1. The van der Waals surface area contributed by atoms with Crippen molar-refractivity contribution in [3.63, 3.8) is 0 Å². The van der Waals surface area contributed by atoms with Gasteiger partial charge in [-0.15, -0.1) is 0 Å². The van der Waals surface area contributed by atoms with Crippen LogP contribution in [0.1, 0.15) is 46.7 Å². The van der Waals surface area contributed by atoms with Crippen LogP contribution in [0, 0.1) is 5.41 Å². The highest BCUT2D eigenvalue weighted by Crippen LogP contribution is 2.29. The lowest BCUT2D eigenvalue weighted by Gasteiger charge is -2.34. The summed E-state index contributed by atoms with van der Waals surface area (Å²) < 4.78 is 0. The van der Waals surface area contributed by atoms with Gasteiger partial charge in [-0.3, -0.25) is 4.98 Å². The van der Waals surface area contributed by atoms with Crippen molar-refractivity contribution < 1.29 is 0 Å². The highest BCUT2D eigenvalue weighted by Gasteiger charge is 2.25. The molecule has 1 aromatic heterocycles. The maximum absolute atomic E-state index is 5.59. The number of hydrogen-bond acceptors (Lipinski definition) is 3. The van der Waals surface area contributed by atoms with E-state index in [4.69, 9.17) is 18.0 Å². The summed E-state index contributed by atoms with van der Waals surface area (Å²) in [5.41, 5.74) is 7.53. The van der Waals surface area contributed by atoms with Crippen molar-refractivity contribution in [3.8, 4) is 0 Å². The van der Waals surface area contributed by atoms with Gasteiger partial charge in [0, 0.05) is 17.4 Å². The summed E-state index contributed by atoms with van der Waals surface area (Å²) in [5, 5.41) is 3.51. The highest BCUT2D eigenvalue weighted by molar-refractivity contribution is 7.80. The van der Waals surface area contributed by atoms with Crippen LogP contribution in [0.15, 0.2) is 18.3 Å². The Morgan fingerprint density at radius 2 is 1.94 bits per heavy atom. The number of thiocarbonyl (C=S) groups is 1. The van der Waals surface area contributed by atoms with Gasteiger partial charge in [-0.1, -0.05) is 33.0 Å². The van der Waals surface area contributed by atoms with Gasteiger partial charge >= 0.3 is 0 Å². The molecule has 100 valence electrons. The first-order valence-corrected chi connectivity index (χ1v) is 6.54. The minimum atomic E-state index is 0.00703. The third-order valence-corrected chi connectivity index (χ3v) is 2.68. The number of nitrogens with zero attached hydrogens (tertiary/aromatic N) is 1. The molecule has 0 saturated carbocycles. The molecule has 0 aliphatic rings. The van der Waals surface area contributed by atoms with Crippen molar-refractivity contribution in [2.45, 2.75) is 46.6 Å². The Balaban J connectivity index is 2.84. The molecule has 3 N–H and O–H groups in total. The van der Waals surface area contributed by atoms with E-state index in [9.17, 15) is 0 Å². The quantitative estimate of drug-likeness (QED) is 0.820. The van der Waals surface area contributed by atoms with Gasteiger partial charge in [0.1, 0.15) is 4.99 Å². The van der Waals surface area contributed by atoms with E-state index in [1.807, 2.05) is 12.1 Å². The highest BCUT2D eigenvalue weighted by atomic mass is 32.1. The lowest BCUT2D eigenvalue weighted by Crippen LogP contribution is -2.35. The average Bonchev–Trinajstić information content (AvgIpc) is 2.12. The minimum absolute atomic E-state index is 0.00703. The summed E-state index contributed by atoms with van der Waals surface area (Å²) in [6, 6.07) is 3.83. The summed E-state index contributed by atoms with van der Waals surface area (Å²) in [6.07, 6.45) is 2.79. The van der Waals surface area contributed by atoms with E-state index in [2.05, 4.69) is 44.9 Å². The van der Waals surface area contributed by atoms with Gasteiger partial charge in [-0.2, -0.15) is 0 Å². The fraction of sp³-hybridized carbons (Fsp3) is 0.571. The number of nitrogens with one attached hydrogen (secondary N) is 1. The number of nitrogens with two attached hydrogens (primary N) is 1. The molecule has 0 atom stereocenters. The van der Waals surface area contributed by atoms with E-state index in [0.29, 0.717) is 10.7 Å². The first kappa shape index (κ1) is 14.9. The van der Waals surface area contributed by atoms with Crippen LogP contribution in [-0.4, -0.2) is 15.5 Å². The fourth-order valence-electron chi connectivity index (χ4n) is 2.40. The van der Waals surface area contributed by atoms with Gasteiger partial charge in [0.2, 0.25) is 0 Å². The number of aromatic nitrogens is 1. The number of anilines is 1. The van der Waals surface area contributed by atoms with Crippen LogP contribution in [0.4, 0.5) is 5.69 Å². The maximum Gasteiger partial charge on any atom is 0.122 e. The van der Waals surface area contributed by atoms with E-state index < -0.39 is 0 Å². The predicted octanol–water partition coefficient (Wildman–Crippen LogP) is 3.34. The Morgan fingerprint density at radius 3 is 2.44 bits per heavy atom. The molecule has 0 amide bonds. The van der Waals surface area contributed by atoms with Gasteiger partial charge in [0.05, 0.1) is 5.69 Å². The van der Waals surface area contributed by atoms with Crippen LogP contribution < -0.4 is 11.1 Å². The standard InChI is InChI=1S/C14H23N3S/c1-13(2,3)9-14(4,5)17-10-6-7-16-11(8-10)12(15)18/h6-8H,9H2,1-5H3,(H2,15,18)(H,16,17). The topological polar surface area (TPSA) is 50.9 Å². The second kappa shape index (κ2) is 5.22. The first-order chi connectivity index (χ1) is 8.09. The van der Waals surface area contributed by atoms with Crippen LogP contribution >= 0.6 is 12.2 Å². The lowest BCUT2D eigenvalue weighted by atomic mass is 9.81. The van der Waals surface area contributed by atoms with Gasteiger partial charge in [0.15, 0.2) is 0 Å². The van der Waals surface area contributed by atoms with Crippen molar-refractivity contribution in [2.75, 3.05) is 5.32 Å². The third-order valence-electron chi connectivity index (χ3n) is 2.47. The first-order valence-electron chi connectivity index (χ1n) is 6.13. The Labute approximate surface area is 115 Å². The van der Waals surface area contributed by atoms with E-state index >= 15 is 0 Å². The van der Waals surface area contributed by atoms with E-state index in [1.165, 1.54) is 0 Å². The average molecular weight is 265 g/mol. The largest absolute Gasteiger partial charge is 0.388 e. The Kier molecular flexibility index (Phi) is 4.32. The molecule has 0 aromatic carbocycles.